The average molecular weight is 464 g/mol. The number of aryl methyl sites for hydroxylation is 1. The summed E-state index contributed by atoms with van der Waals surface area (Å²) in [4.78, 5) is 27.3. The molecule has 6 nitrogen and oxygen atoms in total. The second-order valence-electron chi connectivity index (χ2n) is 7.19. The molecule has 1 amide bonds. The number of hydrogen-bond acceptors (Lipinski definition) is 5. The molecule has 2 aromatic rings. The number of benzene rings is 2. The third-order valence-electron chi connectivity index (χ3n) is 5.24. The van der Waals surface area contributed by atoms with Crippen molar-refractivity contribution < 1.29 is 24.2 Å². The van der Waals surface area contributed by atoms with Crippen LogP contribution in [0.15, 0.2) is 42.0 Å². The molecule has 164 valence electrons. The number of nitrogens with zero attached hydrogens (tertiary/aromatic N) is 1. The standard InChI is InChI=1S/C23H23Cl2NO5/c1-13-11-15(31-3)6-7-16(13)21(27)19-20(14-5-8-17(24)18(25)12-14)26(9-4-10-30-2)23(29)22(19)28/h5-8,11-12,20,27H,4,9-10H2,1-3H3/b21-19+/t20-/m0/s1. The third kappa shape index (κ3) is 4.56. The summed E-state index contributed by atoms with van der Waals surface area (Å²) in [5, 5.41) is 11.8. The van der Waals surface area contributed by atoms with Gasteiger partial charge in [-0.2, -0.15) is 0 Å². The zero-order valence-electron chi connectivity index (χ0n) is 17.4. The van der Waals surface area contributed by atoms with Crippen molar-refractivity contribution in [2.24, 2.45) is 0 Å². The van der Waals surface area contributed by atoms with Gasteiger partial charge < -0.3 is 19.5 Å². The van der Waals surface area contributed by atoms with Crippen LogP contribution in [0.25, 0.3) is 5.76 Å². The Hall–Kier alpha value is -2.54. The van der Waals surface area contributed by atoms with Gasteiger partial charge in [0.15, 0.2) is 0 Å². The van der Waals surface area contributed by atoms with Gasteiger partial charge in [0.1, 0.15) is 11.5 Å². The Balaban J connectivity index is 2.17. The molecule has 1 fully saturated rings. The molecule has 1 aliphatic rings. The highest BCUT2D eigenvalue weighted by molar-refractivity contribution is 6.47. The quantitative estimate of drug-likeness (QED) is 0.277. The van der Waals surface area contributed by atoms with Crippen LogP contribution in [0.3, 0.4) is 0 Å². The summed E-state index contributed by atoms with van der Waals surface area (Å²) in [5.74, 6) is -1.06. The van der Waals surface area contributed by atoms with Crippen LogP contribution in [0.1, 0.15) is 29.2 Å². The summed E-state index contributed by atoms with van der Waals surface area (Å²) in [5.41, 5.74) is 1.74. The van der Waals surface area contributed by atoms with Crippen molar-refractivity contribution in [1.82, 2.24) is 4.90 Å². The maximum Gasteiger partial charge on any atom is 0.295 e. The van der Waals surface area contributed by atoms with Crippen LogP contribution < -0.4 is 4.74 Å². The summed E-state index contributed by atoms with van der Waals surface area (Å²) in [6, 6.07) is 9.21. The summed E-state index contributed by atoms with van der Waals surface area (Å²) >= 11 is 12.3. The van der Waals surface area contributed by atoms with E-state index in [4.69, 9.17) is 32.7 Å². The van der Waals surface area contributed by atoms with Gasteiger partial charge in [0.2, 0.25) is 0 Å². The third-order valence-corrected chi connectivity index (χ3v) is 5.97. The first kappa shape index (κ1) is 23.1. The molecule has 0 unspecified atom stereocenters. The molecule has 1 atom stereocenters. The first-order valence-corrected chi connectivity index (χ1v) is 10.4. The van der Waals surface area contributed by atoms with Crippen LogP contribution in [0, 0.1) is 6.92 Å². The van der Waals surface area contributed by atoms with Gasteiger partial charge in [-0.1, -0.05) is 29.3 Å². The summed E-state index contributed by atoms with van der Waals surface area (Å²) in [7, 11) is 3.11. The Morgan fingerprint density at radius 1 is 1.10 bits per heavy atom. The van der Waals surface area contributed by atoms with Crippen molar-refractivity contribution in [2.75, 3.05) is 27.4 Å². The van der Waals surface area contributed by atoms with Gasteiger partial charge in [0, 0.05) is 25.8 Å². The maximum atomic E-state index is 13.0. The first-order valence-electron chi connectivity index (χ1n) is 9.67. The van der Waals surface area contributed by atoms with Crippen molar-refractivity contribution >= 4 is 40.7 Å². The van der Waals surface area contributed by atoms with E-state index in [1.54, 1.807) is 57.5 Å². The molecule has 1 N–H and O–H groups in total. The molecule has 8 heteroatoms. The van der Waals surface area contributed by atoms with Crippen LogP contribution >= 0.6 is 23.2 Å². The summed E-state index contributed by atoms with van der Waals surface area (Å²) in [6.07, 6.45) is 0.531. The molecule has 31 heavy (non-hydrogen) atoms. The lowest BCUT2D eigenvalue weighted by atomic mass is 9.94. The number of aliphatic hydroxyl groups excluding tert-OH is 1. The topological polar surface area (TPSA) is 76.1 Å². The largest absolute Gasteiger partial charge is 0.507 e. The van der Waals surface area contributed by atoms with Crippen LogP contribution in [0.5, 0.6) is 5.75 Å². The van der Waals surface area contributed by atoms with E-state index in [1.165, 1.54) is 4.90 Å². The highest BCUT2D eigenvalue weighted by Crippen LogP contribution is 2.41. The van der Waals surface area contributed by atoms with Crippen molar-refractivity contribution in [3.63, 3.8) is 0 Å². The Morgan fingerprint density at radius 3 is 2.45 bits per heavy atom. The number of hydrogen-bond donors (Lipinski definition) is 1. The molecule has 0 saturated carbocycles. The van der Waals surface area contributed by atoms with E-state index in [2.05, 4.69) is 0 Å². The number of carbonyl (C=O) groups excluding carboxylic acids is 2. The van der Waals surface area contributed by atoms with Crippen molar-refractivity contribution in [1.29, 1.82) is 0 Å². The smallest absolute Gasteiger partial charge is 0.295 e. The number of likely N-dealkylation sites (tertiary alicyclic amines) is 1. The van der Waals surface area contributed by atoms with E-state index in [0.717, 1.165) is 0 Å². The molecule has 0 radical (unpaired) electrons. The van der Waals surface area contributed by atoms with E-state index in [0.29, 0.717) is 45.5 Å². The lowest BCUT2D eigenvalue weighted by Crippen LogP contribution is -2.31. The molecule has 1 aliphatic heterocycles. The minimum Gasteiger partial charge on any atom is -0.507 e. The Labute approximate surface area is 191 Å². The Morgan fingerprint density at radius 2 is 1.84 bits per heavy atom. The van der Waals surface area contributed by atoms with Crippen molar-refractivity contribution in [2.45, 2.75) is 19.4 Å². The normalized spacial score (nSPS) is 18.0. The summed E-state index contributed by atoms with van der Waals surface area (Å²) < 4.78 is 10.3. The van der Waals surface area contributed by atoms with Gasteiger partial charge >= 0.3 is 0 Å². The maximum absolute atomic E-state index is 13.0. The molecular weight excluding hydrogens is 441 g/mol. The number of Topliss-reactive ketones (excluding diaryl/α,β-unsaturated/α-hetero) is 1. The SMILES string of the molecule is COCCCN1C(=O)C(=O)/C(=C(/O)c2ccc(OC)cc2C)[C@@H]1c1ccc(Cl)c(Cl)c1. The van der Waals surface area contributed by atoms with Crippen LogP contribution in [0.4, 0.5) is 0 Å². The van der Waals surface area contributed by atoms with Gasteiger partial charge in [-0.25, -0.2) is 0 Å². The highest BCUT2D eigenvalue weighted by atomic mass is 35.5. The van der Waals surface area contributed by atoms with Crippen molar-refractivity contribution in [3.05, 3.63) is 68.7 Å². The predicted molar refractivity (Wildman–Crippen MR) is 120 cm³/mol. The highest BCUT2D eigenvalue weighted by Gasteiger charge is 2.46. The molecule has 3 rings (SSSR count). The number of amides is 1. The number of ether oxygens (including phenoxy) is 2. The van der Waals surface area contributed by atoms with Crippen molar-refractivity contribution in [3.8, 4) is 5.75 Å². The van der Waals surface area contributed by atoms with Gasteiger partial charge in [0.05, 0.1) is 28.8 Å². The van der Waals surface area contributed by atoms with E-state index >= 15 is 0 Å². The molecular formula is C23H23Cl2NO5. The minimum absolute atomic E-state index is 0.00840. The number of rotatable bonds is 7. The van der Waals surface area contributed by atoms with E-state index in [9.17, 15) is 14.7 Å². The zero-order valence-corrected chi connectivity index (χ0v) is 19.0. The number of carbonyl (C=O) groups is 2. The van der Waals surface area contributed by atoms with Crippen LogP contribution in [0.2, 0.25) is 10.0 Å². The second-order valence-corrected chi connectivity index (χ2v) is 8.01. The zero-order chi connectivity index (χ0) is 22.7. The summed E-state index contributed by atoms with van der Waals surface area (Å²) in [6.45, 7) is 2.50. The van der Waals surface area contributed by atoms with Crippen LogP contribution in [-0.4, -0.2) is 49.1 Å². The van der Waals surface area contributed by atoms with Crippen LogP contribution in [-0.2, 0) is 14.3 Å². The van der Waals surface area contributed by atoms with E-state index < -0.39 is 17.7 Å². The molecule has 0 spiro atoms. The lowest BCUT2D eigenvalue weighted by molar-refractivity contribution is -0.140. The van der Waals surface area contributed by atoms with Gasteiger partial charge in [-0.15, -0.1) is 0 Å². The Bertz CT molecular complexity index is 1050. The monoisotopic (exact) mass is 463 g/mol. The van der Waals surface area contributed by atoms with Gasteiger partial charge in [-0.05, 0) is 54.8 Å². The fourth-order valence-electron chi connectivity index (χ4n) is 3.69. The second kappa shape index (κ2) is 9.73. The Kier molecular flexibility index (Phi) is 7.26. The molecule has 2 aromatic carbocycles. The number of halogens is 2. The number of methoxy groups -OCH3 is 2. The predicted octanol–water partition coefficient (Wildman–Crippen LogP) is 4.77. The fourth-order valence-corrected chi connectivity index (χ4v) is 4.00. The molecule has 0 aliphatic carbocycles. The van der Waals surface area contributed by atoms with Gasteiger partial charge in [-0.3, -0.25) is 9.59 Å². The molecule has 0 bridgehead atoms. The average Bonchev–Trinajstić information content (AvgIpc) is 3.00. The minimum atomic E-state index is -0.798. The fraction of sp³-hybridized carbons (Fsp3) is 0.304. The van der Waals surface area contributed by atoms with E-state index in [-0.39, 0.29) is 17.9 Å². The lowest BCUT2D eigenvalue weighted by Gasteiger charge is -2.25. The molecule has 1 heterocycles. The molecule has 1 saturated heterocycles. The van der Waals surface area contributed by atoms with Gasteiger partial charge in [0.25, 0.3) is 11.7 Å². The first-order chi connectivity index (χ1) is 14.8. The number of aliphatic hydroxyl groups is 1. The van der Waals surface area contributed by atoms with E-state index in [1.807, 2.05) is 0 Å². The number of ketones is 1. The molecule has 0 aromatic heterocycles.